The fourth-order valence-electron chi connectivity index (χ4n) is 1.25. The van der Waals surface area contributed by atoms with E-state index in [2.05, 4.69) is 10.3 Å². The highest BCUT2D eigenvalue weighted by molar-refractivity contribution is 5.59. The van der Waals surface area contributed by atoms with Crippen LogP contribution in [0.5, 0.6) is 0 Å². The summed E-state index contributed by atoms with van der Waals surface area (Å²) in [4.78, 5) is 14.3. The number of anilines is 1. The van der Waals surface area contributed by atoms with Gasteiger partial charge in [-0.2, -0.15) is 0 Å². The largest absolute Gasteiger partial charge is 0.361 e. The zero-order valence-electron chi connectivity index (χ0n) is 9.01. The molecule has 0 saturated carbocycles. The van der Waals surface area contributed by atoms with Crippen LogP contribution in [0.15, 0.2) is 24.4 Å². The van der Waals surface area contributed by atoms with E-state index in [0.717, 1.165) is 0 Å². The predicted octanol–water partition coefficient (Wildman–Crippen LogP) is 1.23. The Kier molecular flexibility index (Phi) is 4.41. The minimum Gasteiger partial charge on any atom is -0.361 e. The van der Waals surface area contributed by atoms with Crippen LogP contribution in [0.4, 0.5) is 11.5 Å². The molecule has 0 radical (unpaired) electrons. The van der Waals surface area contributed by atoms with Crippen molar-refractivity contribution in [2.75, 3.05) is 18.4 Å². The van der Waals surface area contributed by atoms with Gasteiger partial charge in [-0.3, -0.25) is 10.1 Å². The molecule has 0 spiro atoms. The van der Waals surface area contributed by atoms with Crippen LogP contribution in [-0.4, -0.2) is 23.0 Å². The molecular formula is C10H14N4O2. The van der Waals surface area contributed by atoms with Crippen molar-refractivity contribution in [3.8, 4) is 0 Å². The Labute approximate surface area is 93.3 Å². The van der Waals surface area contributed by atoms with Gasteiger partial charge in [0.15, 0.2) is 0 Å². The van der Waals surface area contributed by atoms with Gasteiger partial charge >= 0.3 is 5.69 Å². The van der Waals surface area contributed by atoms with Gasteiger partial charge in [-0.15, -0.1) is 0 Å². The van der Waals surface area contributed by atoms with E-state index in [1.165, 1.54) is 6.20 Å². The molecule has 6 heteroatoms. The highest BCUT2D eigenvalue weighted by Crippen LogP contribution is 2.24. The van der Waals surface area contributed by atoms with E-state index in [9.17, 15) is 10.1 Å². The van der Waals surface area contributed by atoms with Crippen LogP contribution < -0.4 is 11.1 Å². The van der Waals surface area contributed by atoms with E-state index in [1.807, 2.05) is 0 Å². The van der Waals surface area contributed by atoms with Crippen LogP contribution in [0, 0.1) is 17.0 Å². The molecule has 86 valence electrons. The lowest BCUT2D eigenvalue weighted by atomic mass is 10.2. The molecule has 1 rings (SSSR count). The molecule has 0 amide bonds. The third kappa shape index (κ3) is 3.03. The lowest BCUT2D eigenvalue weighted by Gasteiger charge is -2.04. The molecule has 0 aliphatic rings. The maximum Gasteiger partial charge on any atom is 0.314 e. The van der Waals surface area contributed by atoms with Crippen LogP contribution in [0.3, 0.4) is 0 Å². The van der Waals surface area contributed by atoms with E-state index < -0.39 is 4.92 Å². The molecule has 1 heterocycles. The van der Waals surface area contributed by atoms with Crippen LogP contribution in [0.2, 0.25) is 0 Å². The molecule has 3 N–H and O–H groups in total. The molecule has 0 saturated heterocycles. The summed E-state index contributed by atoms with van der Waals surface area (Å²) in [6, 6.07) is 1.61. The first kappa shape index (κ1) is 12.1. The summed E-state index contributed by atoms with van der Waals surface area (Å²) < 4.78 is 0. The quantitative estimate of drug-likeness (QED) is 0.444. The molecule has 0 atom stereocenters. The molecule has 0 unspecified atom stereocenters. The van der Waals surface area contributed by atoms with E-state index in [4.69, 9.17) is 5.73 Å². The number of nitro groups is 1. The zero-order chi connectivity index (χ0) is 12.0. The molecule has 16 heavy (non-hydrogen) atoms. The van der Waals surface area contributed by atoms with Crippen molar-refractivity contribution in [1.29, 1.82) is 0 Å². The Morgan fingerprint density at radius 2 is 2.38 bits per heavy atom. The van der Waals surface area contributed by atoms with Crippen molar-refractivity contribution in [3.63, 3.8) is 0 Å². The summed E-state index contributed by atoms with van der Waals surface area (Å²) >= 11 is 0. The monoisotopic (exact) mass is 222 g/mol. The Hall–Kier alpha value is -1.95. The fraction of sp³-hybridized carbons (Fsp3) is 0.300. The number of hydrogen-bond donors (Lipinski definition) is 2. The Morgan fingerprint density at radius 3 is 3.00 bits per heavy atom. The number of aryl methyl sites for hydroxylation is 1. The van der Waals surface area contributed by atoms with E-state index >= 15 is 0 Å². The first-order chi connectivity index (χ1) is 7.66. The van der Waals surface area contributed by atoms with Crippen molar-refractivity contribution in [3.05, 3.63) is 40.1 Å². The summed E-state index contributed by atoms with van der Waals surface area (Å²) in [6.45, 7) is 2.60. The molecule has 0 aliphatic carbocycles. The third-order valence-corrected chi connectivity index (χ3v) is 2.00. The molecule has 0 aromatic carbocycles. The van der Waals surface area contributed by atoms with Gasteiger partial charge in [-0.25, -0.2) is 4.98 Å². The molecule has 0 aliphatic heterocycles. The van der Waals surface area contributed by atoms with Crippen LogP contribution in [-0.2, 0) is 0 Å². The first-order valence-electron chi connectivity index (χ1n) is 4.85. The Bertz CT molecular complexity index is 404. The van der Waals surface area contributed by atoms with E-state index in [1.54, 1.807) is 25.1 Å². The molecule has 0 fully saturated rings. The predicted molar refractivity (Wildman–Crippen MR) is 62.3 cm³/mol. The maximum absolute atomic E-state index is 10.8. The van der Waals surface area contributed by atoms with Crippen molar-refractivity contribution in [1.82, 2.24) is 4.98 Å². The van der Waals surface area contributed by atoms with Crippen molar-refractivity contribution in [2.24, 2.45) is 5.73 Å². The van der Waals surface area contributed by atoms with Gasteiger partial charge in [0.25, 0.3) is 0 Å². The highest BCUT2D eigenvalue weighted by Gasteiger charge is 2.17. The molecule has 0 bridgehead atoms. The van der Waals surface area contributed by atoms with Crippen molar-refractivity contribution < 1.29 is 4.92 Å². The van der Waals surface area contributed by atoms with Crippen molar-refractivity contribution >= 4 is 11.5 Å². The highest BCUT2D eigenvalue weighted by atomic mass is 16.6. The van der Waals surface area contributed by atoms with Gasteiger partial charge < -0.3 is 11.1 Å². The second-order valence-corrected chi connectivity index (χ2v) is 3.17. The number of nitrogens with zero attached hydrogens (tertiary/aromatic N) is 2. The van der Waals surface area contributed by atoms with Gasteiger partial charge in [-0.1, -0.05) is 12.2 Å². The minimum atomic E-state index is -0.433. The topological polar surface area (TPSA) is 94.1 Å². The normalized spacial score (nSPS) is 10.6. The van der Waals surface area contributed by atoms with Crippen LogP contribution >= 0.6 is 0 Å². The lowest BCUT2D eigenvalue weighted by Crippen LogP contribution is -2.06. The Morgan fingerprint density at radius 1 is 1.62 bits per heavy atom. The average Bonchev–Trinajstić information content (AvgIpc) is 2.24. The first-order valence-corrected chi connectivity index (χ1v) is 4.85. The third-order valence-electron chi connectivity index (χ3n) is 2.00. The number of aromatic nitrogens is 1. The summed E-state index contributed by atoms with van der Waals surface area (Å²) in [6.07, 6.45) is 5.11. The molecular weight excluding hydrogens is 208 g/mol. The summed E-state index contributed by atoms with van der Waals surface area (Å²) in [7, 11) is 0. The summed E-state index contributed by atoms with van der Waals surface area (Å²) in [5.41, 5.74) is 5.88. The molecule has 6 nitrogen and oxygen atoms in total. The van der Waals surface area contributed by atoms with Gasteiger partial charge in [0.1, 0.15) is 0 Å². The minimum absolute atomic E-state index is 0.0173. The van der Waals surface area contributed by atoms with Gasteiger partial charge in [0.2, 0.25) is 5.82 Å². The second-order valence-electron chi connectivity index (χ2n) is 3.17. The smallest absolute Gasteiger partial charge is 0.314 e. The average molecular weight is 222 g/mol. The Balaban J connectivity index is 2.83. The number of hydrogen-bond acceptors (Lipinski definition) is 5. The van der Waals surface area contributed by atoms with Gasteiger partial charge in [-0.05, 0) is 13.0 Å². The number of rotatable bonds is 5. The SMILES string of the molecule is Cc1ccnc(NC/C=C/CN)c1[N+](=O)[O-]. The van der Waals surface area contributed by atoms with E-state index in [-0.39, 0.29) is 11.5 Å². The zero-order valence-corrected chi connectivity index (χ0v) is 9.01. The number of nitrogens with two attached hydrogens (primary N) is 1. The molecule has 1 aromatic rings. The fourth-order valence-corrected chi connectivity index (χ4v) is 1.25. The van der Waals surface area contributed by atoms with Crippen LogP contribution in [0.1, 0.15) is 5.56 Å². The van der Waals surface area contributed by atoms with E-state index in [0.29, 0.717) is 18.7 Å². The lowest BCUT2D eigenvalue weighted by molar-refractivity contribution is -0.384. The van der Waals surface area contributed by atoms with Crippen LogP contribution in [0.25, 0.3) is 0 Å². The molecule has 1 aromatic heterocycles. The van der Waals surface area contributed by atoms with Crippen molar-refractivity contribution in [2.45, 2.75) is 6.92 Å². The number of pyridine rings is 1. The summed E-state index contributed by atoms with van der Waals surface area (Å²) in [5, 5.41) is 13.7. The van der Waals surface area contributed by atoms with Gasteiger partial charge in [0.05, 0.1) is 4.92 Å². The van der Waals surface area contributed by atoms with Gasteiger partial charge in [0, 0.05) is 24.8 Å². The summed E-state index contributed by atoms with van der Waals surface area (Å²) in [5.74, 6) is 0.284. The standard InChI is InChI=1S/C10H14N4O2/c1-8-4-7-13-10(9(8)14(15)16)12-6-3-2-5-11/h2-4,7H,5-6,11H2,1H3,(H,12,13)/b3-2+. The maximum atomic E-state index is 10.8. The second kappa shape index (κ2) is 5.82. The number of nitrogens with one attached hydrogen (secondary N) is 1.